The highest BCUT2D eigenvalue weighted by Crippen LogP contribution is 2.18. The van der Waals surface area contributed by atoms with E-state index in [1.807, 2.05) is 0 Å². The molecule has 1 fully saturated rings. The van der Waals surface area contributed by atoms with E-state index in [9.17, 15) is 0 Å². The Kier molecular flexibility index (Phi) is 2.78. The zero-order chi connectivity index (χ0) is 8.39. The molecule has 0 saturated carbocycles. The van der Waals surface area contributed by atoms with Crippen LogP contribution >= 0.6 is 27.3 Å². The molecule has 0 spiro atoms. The second kappa shape index (κ2) is 3.85. The highest BCUT2D eigenvalue weighted by atomic mass is 79.9. The number of hydrogen-bond acceptors (Lipinski definition) is 3. The highest BCUT2D eigenvalue weighted by Gasteiger charge is 2.15. The highest BCUT2D eigenvalue weighted by molar-refractivity contribution is 9.11. The molecule has 1 aromatic heterocycles. The normalized spacial score (nSPS) is 23.2. The van der Waals surface area contributed by atoms with Crippen LogP contribution in [-0.2, 0) is 6.42 Å². The smallest absolute Gasteiger partial charge is 0.159 e. The number of nitrogens with zero attached hydrogens (tertiary/aromatic N) is 1. The van der Waals surface area contributed by atoms with E-state index >= 15 is 0 Å². The van der Waals surface area contributed by atoms with Crippen molar-refractivity contribution in [3.8, 4) is 0 Å². The summed E-state index contributed by atoms with van der Waals surface area (Å²) >= 11 is 5.03. The Morgan fingerprint density at radius 3 is 3.25 bits per heavy atom. The Bertz CT molecular complexity index is 255. The van der Waals surface area contributed by atoms with Crippen LogP contribution in [0.5, 0.6) is 0 Å². The van der Waals surface area contributed by atoms with Crippen LogP contribution in [0.1, 0.15) is 18.5 Å². The molecule has 0 aliphatic carbocycles. The molecule has 0 bridgehead atoms. The fraction of sp³-hybridized carbons (Fsp3) is 0.625. The topological polar surface area (TPSA) is 24.9 Å². The average molecular weight is 247 g/mol. The van der Waals surface area contributed by atoms with Crippen molar-refractivity contribution in [3.05, 3.63) is 15.0 Å². The quantitative estimate of drug-likeness (QED) is 0.866. The molecule has 12 heavy (non-hydrogen) atoms. The summed E-state index contributed by atoms with van der Waals surface area (Å²) in [5.41, 5.74) is 1.21. The predicted octanol–water partition coefficient (Wildman–Crippen LogP) is 2.20. The van der Waals surface area contributed by atoms with Crippen molar-refractivity contribution >= 4 is 27.3 Å². The maximum Gasteiger partial charge on any atom is 0.159 e. The molecule has 0 aromatic carbocycles. The van der Waals surface area contributed by atoms with Crippen LogP contribution in [0.2, 0.25) is 0 Å². The van der Waals surface area contributed by atoms with Gasteiger partial charge in [-0.3, -0.25) is 0 Å². The fourth-order valence-corrected chi connectivity index (χ4v) is 2.62. The molecular weight excluding hydrogens is 236 g/mol. The molecule has 1 N–H and O–H groups in total. The summed E-state index contributed by atoms with van der Waals surface area (Å²) < 4.78 is 0.996. The largest absolute Gasteiger partial charge is 0.314 e. The molecule has 1 saturated heterocycles. The maximum atomic E-state index is 4.37. The van der Waals surface area contributed by atoms with Crippen LogP contribution in [0.15, 0.2) is 9.30 Å². The third-order valence-corrected chi connectivity index (χ3v) is 3.56. The first-order valence-electron chi connectivity index (χ1n) is 4.18. The Morgan fingerprint density at radius 1 is 1.75 bits per heavy atom. The van der Waals surface area contributed by atoms with Crippen LogP contribution < -0.4 is 5.32 Å². The molecular formula is C8H11BrN2S. The first-order chi connectivity index (χ1) is 5.84. The van der Waals surface area contributed by atoms with Crippen molar-refractivity contribution in [2.75, 3.05) is 6.54 Å². The van der Waals surface area contributed by atoms with Gasteiger partial charge in [-0.15, -0.1) is 11.3 Å². The van der Waals surface area contributed by atoms with E-state index in [1.165, 1.54) is 25.1 Å². The molecule has 2 heterocycles. The number of thiazole rings is 1. The van der Waals surface area contributed by atoms with E-state index in [2.05, 4.69) is 31.6 Å². The number of aromatic nitrogens is 1. The molecule has 1 aliphatic rings. The minimum absolute atomic E-state index is 0.666. The Morgan fingerprint density at radius 2 is 2.67 bits per heavy atom. The van der Waals surface area contributed by atoms with E-state index < -0.39 is 0 Å². The third-order valence-electron chi connectivity index (χ3n) is 2.14. The molecule has 0 amide bonds. The van der Waals surface area contributed by atoms with Gasteiger partial charge in [-0.1, -0.05) is 0 Å². The first kappa shape index (κ1) is 8.66. The van der Waals surface area contributed by atoms with Gasteiger partial charge in [-0.25, -0.2) is 4.98 Å². The third kappa shape index (κ3) is 2.06. The van der Waals surface area contributed by atoms with Gasteiger partial charge in [0.15, 0.2) is 3.92 Å². The Balaban J connectivity index is 1.94. The van der Waals surface area contributed by atoms with Gasteiger partial charge in [0.25, 0.3) is 0 Å². The van der Waals surface area contributed by atoms with E-state index in [-0.39, 0.29) is 0 Å². The lowest BCUT2D eigenvalue weighted by Gasteiger charge is -2.06. The second-order valence-electron chi connectivity index (χ2n) is 3.09. The van der Waals surface area contributed by atoms with E-state index in [4.69, 9.17) is 0 Å². The summed E-state index contributed by atoms with van der Waals surface area (Å²) in [5, 5.41) is 5.59. The SMILES string of the molecule is Brc1nc(CC2CCCN2)cs1. The van der Waals surface area contributed by atoms with Crippen LogP contribution in [-0.4, -0.2) is 17.6 Å². The lowest BCUT2D eigenvalue weighted by atomic mass is 10.1. The van der Waals surface area contributed by atoms with Crippen LogP contribution in [0.3, 0.4) is 0 Å². The van der Waals surface area contributed by atoms with Gasteiger partial charge in [0.1, 0.15) is 0 Å². The maximum absolute atomic E-state index is 4.37. The van der Waals surface area contributed by atoms with E-state index in [1.54, 1.807) is 11.3 Å². The van der Waals surface area contributed by atoms with E-state index in [0.717, 1.165) is 10.3 Å². The molecule has 4 heteroatoms. The summed E-state index contributed by atoms with van der Waals surface area (Å²) in [4.78, 5) is 4.37. The summed E-state index contributed by atoms with van der Waals surface area (Å²) in [6.45, 7) is 1.18. The summed E-state index contributed by atoms with van der Waals surface area (Å²) in [6.07, 6.45) is 3.70. The minimum atomic E-state index is 0.666. The van der Waals surface area contributed by atoms with Gasteiger partial charge in [-0.05, 0) is 35.3 Å². The molecule has 2 nitrogen and oxygen atoms in total. The number of hydrogen-bond donors (Lipinski definition) is 1. The number of halogens is 1. The summed E-state index contributed by atoms with van der Waals surface area (Å²) in [5.74, 6) is 0. The molecule has 1 unspecified atom stereocenters. The van der Waals surface area contributed by atoms with Crippen molar-refractivity contribution in [2.45, 2.75) is 25.3 Å². The summed E-state index contributed by atoms with van der Waals surface area (Å²) in [7, 11) is 0. The Labute approximate surface area is 84.5 Å². The van der Waals surface area contributed by atoms with Crippen molar-refractivity contribution in [1.29, 1.82) is 0 Å². The van der Waals surface area contributed by atoms with Crippen molar-refractivity contribution in [3.63, 3.8) is 0 Å². The first-order valence-corrected chi connectivity index (χ1v) is 5.85. The second-order valence-corrected chi connectivity index (χ2v) is 5.22. The molecule has 1 aromatic rings. The Hall–Kier alpha value is 0.0700. The van der Waals surface area contributed by atoms with Gasteiger partial charge in [0.2, 0.25) is 0 Å². The molecule has 1 aliphatic heterocycles. The van der Waals surface area contributed by atoms with Gasteiger partial charge < -0.3 is 5.32 Å². The van der Waals surface area contributed by atoms with Crippen LogP contribution in [0.4, 0.5) is 0 Å². The minimum Gasteiger partial charge on any atom is -0.314 e. The zero-order valence-corrected chi connectivity index (χ0v) is 9.12. The lowest BCUT2D eigenvalue weighted by Crippen LogP contribution is -2.23. The average Bonchev–Trinajstić information content (AvgIpc) is 2.63. The van der Waals surface area contributed by atoms with E-state index in [0.29, 0.717) is 6.04 Å². The number of nitrogens with one attached hydrogen (secondary N) is 1. The molecule has 1 atom stereocenters. The van der Waals surface area contributed by atoms with Crippen LogP contribution in [0.25, 0.3) is 0 Å². The molecule has 66 valence electrons. The van der Waals surface area contributed by atoms with Crippen LogP contribution in [0, 0.1) is 0 Å². The van der Waals surface area contributed by atoms with Crippen molar-refractivity contribution < 1.29 is 0 Å². The molecule has 2 rings (SSSR count). The predicted molar refractivity (Wildman–Crippen MR) is 54.5 cm³/mol. The monoisotopic (exact) mass is 246 g/mol. The summed E-state index contributed by atoms with van der Waals surface area (Å²) in [6, 6.07) is 0.666. The van der Waals surface area contributed by atoms with Gasteiger partial charge >= 0.3 is 0 Å². The van der Waals surface area contributed by atoms with Gasteiger partial charge in [0.05, 0.1) is 5.69 Å². The lowest BCUT2D eigenvalue weighted by molar-refractivity contribution is 0.596. The van der Waals surface area contributed by atoms with Crippen molar-refractivity contribution in [1.82, 2.24) is 10.3 Å². The molecule has 0 radical (unpaired) electrons. The standard InChI is InChI=1S/C8H11BrN2S/c9-8-11-7(5-12-8)4-6-2-1-3-10-6/h5-6,10H,1-4H2. The number of rotatable bonds is 2. The van der Waals surface area contributed by atoms with Gasteiger partial charge in [-0.2, -0.15) is 0 Å². The van der Waals surface area contributed by atoms with Gasteiger partial charge in [0, 0.05) is 17.8 Å². The van der Waals surface area contributed by atoms with Crippen molar-refractivity contribution in [2.24, 2.45) is 0 Å². The fourth-order valence-electron chi connectivity index (χ4n) is 1.56. The zero-order valence-electron chi connectivity index (χ0n) is 6.72.